The molecule has 32 heavy (non-hydrogen) atoms. The number of carbonyl (C=O) groups is 1. The molecule has 0 saturated carbocycles. The Morgan fingerprint density at radius 3 is 2.03 bits per heavy atom. The number of carbonyl (C=O) groups excluding carboxylic acids is 1. The van der Waals surface area contributed by atoms with Gasteiger partial charge < -0.3 is 0 Å². The molecular weight excluding hydrogens is 396 g/mol. The number of amidine groups is 1. The molecule has 1 amide bonds. The zero-order valence-electron chi connectivity index (χ0n) is 18.4. The number of amides is 1. The molecule has 1 fully saturated rings. The Hall–Kier alpha value is -3.31. The zero-order chi connectivity index (χ0) is 22.0. The van der Waals surface area contributed by atoms with Crippen molar-refractivity contribution in [3.63, 3.8) is 0 Å². The molecule has 162 valence electrons. The molecule has 3 aromatic rings. The Bertz CT molecular complexity index is 1050. The van der Waals surface area contributed by atoms with Gasteiger partial charge in [-0.15, -0.1) is 0 Å². The molecule has 0 atom stereocenters. The van der Waals surface area contributed by atoms with E-state index in [1.807, 2.05) is 90.8 Å². The number of hydrogen-bond acceptors (Lipinski definition) is 4. The highest BCUT2D eigenvalue weighted by Crippen LogP contribution is 2.41. The minimum Gasteiger partial charge on any atom is -0.297 e. The van der Waals surface area contributed by atoms with Crippen molar-refractivity contribution in [3.8, 4) is 0 Å². The van der Waals surface area contributed by atoms with Gasteiger partial charge in [0, 0.05) is 31.9 Å². The van der Waals surface area contributed by atoms with Crippen molar-refractivity contribution < 1.29 is 4.79 Å². The Labute approximate surface area is 189 Å². The first-order chi connectivity index (χ1) is 15.7. The monoisotopic (exact) mass is 424 g/mol. The topological polar surface area (TPSA) is 48.8 Å². The summed E-state index contributed by atoms with van der Waals surface area (Å²) in [4.78, 5) is 28.0. The number of piperidine rings is 1. The first kappa shape index (κ1) is 20.6. The predicted octanol–water partition coefficient (Wildman–Crippen LogP) is 4.25. The fourth-order valence-corrected chi connectivity index (χ4v) is 5.05. The van der Waals surface area contributed by atoms with Gasteiger partial charge in [-0.2, -0.15) is 0 Å². The average Bonchev–Trinajstić information content (AvgIpc) is 3.12. The van der Waals surface area contributed by atoms with E-state index in [4.69, 9.17) is 4.99 Å². The molecule has 2 aliphatic rings. The van der Waals surface area contributed by atoms with Gasteiger partial charge in [-0.1, -0.05) is 66.7 Å². The van der Waals surface area contributed by atoms with Crippen molar-refractivity contribution >= 4 is 11.7 Å². The molecule has 0 radical (unpaired) electrons. The molecule has 1 aromatic heterocycles. The molecule has 2 aliphatic heterocycles. The maximum absolute atomic E-state index is 14.1. The fraction of sp³-hybridized carbons (Fsp3) is 0.296. The second kappa shape index (κ2) is 8.67. The van der Waals surface area contributed by atoms with Crippen LogP contribution in [0.25, 0.3) is 0 Å². The zero-order valence-corrected chi connectivity index (χ0v) is 18.4. The molecule has 0 unspecified atom stereocenters. The molecule has 0 bridgehead atoms. The molecule has 0 N–H and O–H groups in total. The van der Waals surface area contributed by atoms with E-state index in [0.29, 0.717) is 0 Å². The van der Waals surface area contributed by atoms with Crippen LogP contribution < -0.4 is 0 Å². The number of rotatable bonds is 5. The van der Waals surface area contributed by atoms with E-state index in [1.165, 1.54) is 0 Å². The lowest BCUT2D eigenvalue weighted by Gasteiger charge is -2.37. The number of pyridine rings is 1. The van der Waals surface area contributed by atoms with Crippen molar-refractivity contribution in [2.75, 3.05) is 13.1 Å². The molecule has 0 aliphatic carbocycles. The minimum absolute atomic E-state index is 0.0653. The maximum atomic E-state index is 14.1. The van der Waals surface area contributed by atoms with Gasteiger partial charge in [0.1, 0.15) is 5.84 Å². The Morgan fingerprint density at radius 2 is 1.47 bits per heavy atom. The molecule has 5 heteroatoms. The molecule has 3 heterocycles. The van der Waals surface area contributed by atoms with Crippen LogP contribution in [-0.4, -0.2) is 45.7 Å². The largest absolute Gasteiger partial charge is 0.297 e. The highest BCUT2D eigenvalue weighted by Gasteiger charge is 2.51. The van der Waals surface area contributed by atoms with Crippen LogP contribution in [0.3, 0.4) is 0 Å². The van der Waals surface area contributed by atoms with Crippen molar-refractivity contribution in [3.05, 3.63) is 102 Å². The molecule has 0 spiro atoms. The van der Waals surface area contributed by atoms with E-state index in [2.05, 4.69) is 16.0 Å². The summed E-state index contributed by atoms with van der Waals surface area (Å²) in [7, 11) is 0. The SMILES string of the molecule is CC1=NC(c2ccccc2)(c2ccccc2)C(=O)N1C1CCN(Cc2ccccn2)CC1. The summed E-state index contributed by atoms with van der Waals surface area (Å²) in [6.07, 6.45) is 3.72. The summed E-state index contributed by atoms with van der Waals surface area (Å²) >= 11 is 0. The Morgan fingerprint density at radius 1 is 0.875 bits per heavy atom. The summed E-state index contributed by atoms with van der Waals surface area (Å²) in [6, 6.07) is 26.2. The summed E-state index contributed by atoms with van der Waals surface area (Å²) < 4.78 is 0. The molecular formula is C27H28N4O. The standard InChI is InChI=1S/C27H28N4O/c1-21-29-27(22-10-4-2-5-11-22,23-12-6-3-7-13-23)26(32)31(21)25-15-18-30(19-16-25)20-24-14-8-9-17-28-24/h2-14,17,25H,15-16,18-20H2,1H3. The Balaban J connectivity index is 1.39. The van der Waals surface area contributed by atoms with Crippen molar-refractivity contribution in [1.82, 2.24) is 14.8 Å². The Kier molecular flexibility index (Phi) is 5.58. The summed E-state index contributed by atoms with van der Waals surface area (Å²) in [5.41, 5.74) is 1.93. The van der Waals surface area contributed by atoms with E-state index < -0.39 is 5.54 Å². The van der Waals surface area contributed by atoms with Gasteiger partial charge in [0.05, 0.1) is 5.69 Å². The maximum Gasteiger partial charge on any atom is 0.265 e. The van der Waals surface area contributed by atoms with Gasteiger partial charge in [-0.05, 0) is 43.0 Å². The van der Waals surface area contributed by atoms with Gasteiger partial charge in [0.15, 0.2) is 5.54 Å². The number of nitrogens with zero attached hydrogens (tertiary/aromatic N) is 4. The number of hydrogen-bond donors (Lipinski definition) is 0. The number of likely N-dealkylation sites (tertiary alicyclic amines) is 1. The van der Waals surface area contributed by atoms with Gasteiger partial charge in [-0.25, -0.2) is 4.99 Å². The quantitative estimate of drug-likeness (QED) is 0.615. The summed E-state index contributed by atoms with van der Waals surface area (Å²) in [6.45, 7) is 4.72. The van der Waals surface area contributed by atoms with Crippen LogP contribution in [0.15, 0.2) is 90.1 Å². The number of aromatic nitrogens is 1. The van der Waals surface area contributed by atoms with Crippen LogP contribution in [-0.2, 0) is 16.9 Å². The predicted molar refractivity (Wildman–Crippen MR) is 126 cm³/mol. The van der Waals surface area contributed by atoms with E-state index in [-0.39, 0.29) is 11.9 Å². The van der Waals surface area contributed by atoms with Crippen LogP contribution in [0, 0.1) is 0 Å². The van der Waals surface area contributed by atoms with Gasteiger partial charge >= 0.3 is 0 Å². The van der Waals surface area contributed by atoms with Gasteiger partial charge in [-0.3, -0.25) is 19.6 Å². The first-order valence-electron chi connectivity index (χ1n) is 11.3. The second-order valence-corrected chi connectivity index (χ2v) is 8.61. The van der Waals surface area contributed by atoms with E-state index >= 15 is 0 Å². The molecule has 5 rings (SSSR count). The van der Waals surface area contributed by atoms with Crippen LogP contribution in [0.4, 0.5) is 0 Å². The molecule has 1 saturated heterocycles. The van der Waals surface area contributed by atoms with Crippen LogP contribution in [0.2, 0.25) is 0 Å². The van der Waals surface area contributed by atoms with Gasteiger partial charge in [0.25, 0.3) is 5.91 Å². The third-order valence-corrected chi connectivity index (χ3v) is 6.62. The lowest BCUT2D eigenvalue weighted by atomic mass is 9.82. The van der Waals surface area contributed by atoms with E-state index in [1.54, 1.807) is 0 Å². The summed E-state index contributed by atoms with van der Waals surface area (Å²) in [5, 5.41) is 0. The van der Waals surface area contributed by atoms with Crippen molar-refractivity contribution in [2.45, 2.75) is 37.9 Å². The third kappa shape index (κ3) is 3.63. The molecule has 5 nitrogen and oxygen atoms in total. The smallest absolute Gasteiger partial charge is 0.265 e. The fourth-order valence-electron chi connectivity index (χ4n) is 5.05. The van der Waals surface area contributed by atoms with Crippen LogP contribution in [0.1, 0.15) is 36.6 Å². The van der Waals surface area contributed by atoms with Crippen molar-refractivity contribution in [2.24, 2.45) is 4.99 Å². The lowest BCUT2D eigenvalue weighted by Crippen LogP contribution is -2.50. The van der Waals surface area contributed by atoms with Crippen LogP contribution in [0.5, 0.6) is 0 Å². The normalized spacial score (nSPS) is 19.2. The molecule has 2 aromatic carbocycles. The highest BCUT2D eigenvalue weighted by atomic mass is 16.2. The van der Waals surface area contributed by atoms with Crippen LogP contribution >= 0.6 is 0 Å². The first-order valence-corrected chi connectivity index (χ1v) is 11.3. The average molecular weight is 425 g/mol. The number of aliphatic imine (C=N–C) groups is 1. The minimum atomic E-state index is -1.00. The second-order valence-electron chi connectivity index (χ2n) is 8.61. The highest BCUT2D eigenvalue weighted by molar-refractivity contribution is 6.10. The third-order valence-electron chi connectivity index (χ3n) is 6.62. The van der Waals surface area contributed by atoms with E-state index in [0.717, 1.165) is 55.1 Å². The van der Waals surface area contributed by atoms with E-state index in [9.17, 15) is 4.79 Å². The lowest BCUT2D eigenvalue weighted by molar-refractivity contribution is -0.132. The summed E-state index contributed by atoms with van der Waals surface area (Å²) in [5.74, 6) is 0.876. The van der Waals surface area contributed by atoms with Gasteiger partial charge in [0.2, 0.25) is 0 Å². The van der Waals surface area contributed by atoms with Crippen molar-refractivity contribution in [1.29, 1.82) is 0 Å². The number of benzene rings is 2.